The van der Waals surface area contributed by atoms with Crippen LogP contribution in [-0.4, -0.2) is 25.7 Å². The molecule has 27 heavy (non-hydrogen) atoms. The number of nitrogens with one attached hydrogen (secondary N) is 2. The van der Waals surface area contributed by atoms with E-state index < -0.39 is 17.3 Å². The highest BCUT2D eigenvalue weighted by Crippen LogP contribution is 2.15. The molecule has 0 aliphatic carbocycles. The van der Waals surface area contributed by atoms with Gasteiger partial charge < -0.3 is 9.88 Å². The predicted octanol–water partition coefficient (Wildman–Crippen LogP) is 2.15. The lowest BCUT2D eigenvalue weighted by molar-refractivity contribution is 0.0948. The van der Waals surface area contributed by atoms with Crippen molar-refractivity contribution in [3.05, 3.63) is 75.5 Å². The Labute approximate surface area is 155 Å². The summed E-state index contributed by atoms with van der Waals surface area (Å²) in [7, 11) is 0. The molecule has 1 aromatic carbocycles. The second kappa shape index (κ2) is 7.94. The predicted molar refractivity (Wildman–Crippen MR) is 98.3 cm³/mol. The molecule has 0 spiro atoms. The zero-order chi connectivity index (χ0) is 19.4. The van der Waals surface area contributed by atoms with Gasteiger partial charge in [-0.25, -0.2) is 14.5 Å². The summed E-state index contributed by atoms with van der Waals surface area (Å²) in [5.41, 5.74) is 1.83. The van der Waals surface area contributed by atoms with Crippen LogP contribution in [0.25, 0.3) is 5.69 Å². The highest BCUT2D eigenvalue weighted by atomic mass is 19.1. The molecular formula is C19H20FN5O2. The van der Waals surface area contributed by atoms with Crippen LogP contribution in [0.3, 0.4) is 0 Å². The van der Waals surface area contributed by atoms with Gasteiger partial charge in [0, 0.05) is 18.9 Å². The first-order valence-corrected chi connectivity index (χ1v) is 8.70. The molecule has 0 saturated carbocycles. The molecule has 0 atom stereocenters. The van der Waals surface area contributed by atoms with Crippen LogP contribution in [0, 0.1) is 5.82 Å². The van der Waals surface area contributed by atoms with Gasteiger partial charge in [-0.2, -0.15) is 5.10 Å². The number of imidazole rings is 1. The Balaban J connectivity index is 1.79. The summed E-state index contributed by atoms with van der Waals surface area (Å²) in [5, 5.41) is 9.06. The topological polar surface area (TPSA) is 92.7 Å². The van der Waals surface area contributed by atoms with Crippen LogP contribution in [-0.2, 0) is 19.4 Å². The van der Waals surface area contributed by atoms with E-state index in [1.54, 1.807) is 29.1 Å². The van der Waals surface area contributed by atoms with Gasteiger partial charge in [-0.05, 0) is 36.1 Å². The first-order valence-electron chi connectivity index (χ1n) is 8.70. The fourth-order valence-electron chi connectivity index (χ4n) is 2.98. The third-order valence-corrected chi connectivity index (χ3v) is 4.33. The number of hydrogen-bond acceptors (Lipinski definition) is 4. The zero-order valence-electron chi connectivity index (χ0n) is 15.1. The first kappa shape index (κ1) is 18.5. The molecule has 2 heterocycles. The highest BCUT2D eigenvalue weighted by molar-refractivity contribution is 5.95. The quantitative estimate of drug-likeness (QED) is 0.696. The van der Waals surface area contributed by atoms with Crippen molar-refractivity contribution in [2.24, 2.45) is 0 Å². The van der Waals surface area contributed by atoms with Gasteiger partial charge in [-0.15, -0.1) is 0 Å². The first-order chi connectivity index (χ1) is 13.0. The number of hydrogen-bond donors (Lipinski definition) is 2. The van der Waals surface area contributed by atoms with E-state index in [1.807, 2.05) is 13.8 Å². The Morgan fingerprint density at radius 1 is 1.30 bits per heavy atom. The summed E-state index contributed by atoms with van der Waals surface area (Å²) in [5.74, 6) is -0.923. The Kier molecular flexibility index (Phi) is 5.44. The van der Waals surface area contributed by atoms with Gasteiger partial charge in [0.15, 0.2) is 0 Å². The summed E-state index contributed by atoms with van der Waals surface area (Å²) in [6.45, 7) is 3.88. The molecule has 2 N–H and O–H groups in total. The van der Waals surface area contributed by atoms with Crippen LogP contribution >= 0.6 is 0 Å². The van der Waals surface area contributed by atoms with Gasteiger partial charge in [0.1, 0.15) is 11.4 Å². The molecule has 0 aliphatic heterocycles. The van der Waals surface area contributed by atoms with Crippen molar-refractivity contribution in [2.75, 3.05) is 0 Å². The van der Waals surface area contributed by atoms with Gasteiger partial charge in [-0.3, -0.25) is 9.59 Å². The van der Waals surface area contributed by atoms with E-state index in [4.69, 9.17) is 0 Å². The number of benzene rings is 1. The van der Waals surface area contributed by atoms with Gasteiger partial charge in [-0.1, -0.05) is 19.9 Å². The molecule has 2 aromatic heterocycles. The number of nitrogens with zero attached hydrogens (tertiary/aromatic N) is 3. The molecule has 0 unspecified atom stereocenters. The molecule has 3 aromatic rings. The molecule has 8 heteroatoms. The van der Waals surface area contributed by atoms with Crippen LogP contribution in [0.15, 0.2) is 41.7 Å². The summed E-state index contributed by atoms with van der Waals surface area (Å²) in [6, 6.07) is 4.68. The number of carbonyl (C=O) groups excluding carboxylic acids is 1. The van der Waals surface area contributed by atoms with Crippen molar-refractivity contribution in [3.8, 4) is 5.69 Å². The number of aromatic nitrogens is 4. The fourth-order valence-corrected chi connectivity index (χ4v) is 2.98. The molecule has 0 aliphatic rings. The Bertz CT molecular complexity index is 1010. The van der Waals surface area contributed by atoms with Crippen LogP contribution < -0.4 is 10.9 Å². The summed E-state index contributed by atoms with van der Waals surface area (Å²) in [4.78, 5) is 28.6. The molecule has 140 valence electrons. The number of carbonyl (C=O) groups is 1. The normalized spacial score (nSPS) is 10.8. The van der Waals surface area contributed by atoms with Crippen LogP contribution in [0.2, 0.25) is 0 Å². The highest BCUT2D eigenvalue weighted by Gasteiger charge is 2.18. The smallest absolute Gasteiger partial charge is 0.277 e. The summed E-state index contributed by atoms with van der Waals surface area (Å²) in [6.07, 6.45) is 5.86. The minimum Gasteiger partial charge on any atom is -0.348 e. The number of aromatic amines is 1. The number of aryl methyl sites for hydroxylation is 1. The lowest BCUT2D eigenvalue weighted by Crippen LogP contribution is -2.32. The molecular weight excluding hydrogens is 349 g/mol. The average Bonchev–Trinajstić information content (AvgIpc) is 3.20. The van der Waals surface area contributed by atoms with E-state index in [-0.39, 0.29) is 12.1 Å². The second-order valence-corrected chi connectivity index (χ2v) is 6.00. The van der Waals surface area contributed by atoms with Crippen molar-refractivity contribution in [2.45, 2.75) is 33.2 Å². The number of rotatable bonds is 6. The van der Waals surface area contributed by atoms with Crippen molar-refractivity contribution in [1.29, 1.82) is 0 Å². The standard InChI is InChI=1S/C19H20FN5O2/c1-3-13-15(4-2)23-24-19(27)17(13)18(26)22-10-12-5-6-16(14(20)9-12)25-8-7-21-11-25/h5-9,11H,3-4,10H2,1-2H3,(H,22,26)(H,24,27). The van der Waals surface area contributed by atoms with E-state index in [0.29, 0.717) is 35.3 Å². The number of H-pyrrole nitrogens is 1. The van der Waals surface area contributed by atoms with Crippen molar-refractivity contribution in [1.82, 2.24) is 25.1 Å². The Hall–Kier alpha value is -3.29. The van der Waals surface area contributed by atoms with E-state index in [9.17, 15) is 14.0 Å². The molecule has 7 nitrogen and oxygen atoms in total. The Morgan fingerprint density at radius 2 is 2.11 bits per heavy atom. The third-order valence-electron chi connectivity index (χ3n) is 4.33. The largest absolute Gasteiger partial charge is 0.348 e. The molecule has 3 rings (SSSR count). The maximum atomic E-state index is 14.3. The molecule has 0 fully saturated rings. The van der Waals surface area contributed by atoms with Crippen molar-refractivity contribution in [3.63, 3.8) is 0 Å². The van der Waals surface area contributed by atoms with E-state index in [2.05, 4.69) is 20.5 Å². The maximum absolute atomic E-state index is 14.3. The minimum atomic E-state index is -0.525. The van der Waals surface area contributed by atoms with Crippen LogP contribution in [0.5, 0.6) is 0 Å². The van der Waals surface area contributed by atoms with Crippen LogP contribution in [0.4, 0.5) is 4.39 Å². The average molecular weight is 369 g/mol. The lowest BCUT2D eigenvalue weighted by atomic mass is 10.0. The summed E-state index contributed by atoms with van der Waals surface area (Å²) < 4.78 is 15.9. The molecule has 0 bridgehead atoms. The van der Waals surface area contributed by atoms with Gasteiger partial charge in [0.25, 0.3) is 11.5 Å². The van der Waals surface area contributed by atoms with E-state index >= 15 is 0 Å². The van der Waals surface area contributed by atoms with Crippen LogP contribution in [0.1, 0.15) is 41.0 Å². The lowest BCUT2D eigenvalue weighted by Gasteiger charge is -2.11. The van der Waals surface area contributed by atoms with E-state index in [1.165, 1.54) is 12.4 Å². The molecule has 1 amide bonds. The van der Waals surface area contributed by atoms with E-state index in [0.717, 1.165) is 0 Å². The zero-order valence-corrected chi connectivity index (χ0v) is 15.1. The monoisotopic (exact) mass is 369 g/mol. The number of halogens is 1. The van der Waals surface area contributed by atoms with Crippen molar-refractivity contribution < 1.29 is 9.18 Å². The second-order valence-electron chi connectivity index (χ2n) is 6.00. The van der Waals surface area contributed by atoms with Gasteiger partial charge in [0.05, 0.1) is 17.7 Å². The minimum absolute atomic E-state index is 0.0693. The maximum Gasteiger partial charge on any atom is 0.277 e. The Morgan fingerprint density at radius 3 is 2.74 bits per heavy atom. The molecule has 0 radical (unpaired) electrons. The van der Waals surface area contributed by atoms with Crippen molar-refractivity contribution >= 4 is 5.91 Å². The molecule has 0 saturated heterocycles. The summed E-state index contributed by atoms with van der Waals surface area (Å²) >= 11 is 0. The fraction of sp³-hybridized carbons (Fsp3) is 0.263. The van der Waals surface area contributed by atoms with Gasteiger partial charge in [0.2, 0.25) is 0 Å². The van der Waals surface area contributed by atoms with Gasteiger partial charge >= 0.3 is 0 Å². The SMILES string of the molecule is CCc1n[nH]c(=O)c(C(=O)NCc2ccc(-n3ccnc3)c(F)c2)c1CC. The number of amides is 1. The third kappa shape index (κ3) is 3.79.